The molecule has 0 unspecified atom stereocenters. The predicted octanol–water partition coefficient (Wildman–Crippen LogP) is 2.17. The molecular weight excluding hydrogens is 386 g/mol. The number of likely N-dealkylation sites (tertiary alicyclic amines) is 1. The Labute approximate surface area is 165 Å². The van der Waals surface area contributed by atoms with Crippen molar-refractivity contribution in [2.45, 2.75) is 38.8 Å². The molecule has 1 aliphatic carbocycles. The summed E-state index contributed by atoms with van der Waals surface area (Å²) in [6, 6.07) is 1.33. The first-order valence-electron chi connectivity index (χ1n) is 9.19. The number of imide groups is 1. The molecule has 7 nitrogen and oxygen atoms in total. The zero-order chi connectivity index (χ0) is 21.3. The number of halogens is 2. The van der Waals surface area contributed by atoms with Gasteiger partial charge in [-0.05, 0) is 38.8 Å². The van der Waals surface area contributed by atoms with E-state index in [1.165, 1.54) is 13.8 Å². The lowest BCUT2D eigenvalue weighted by Crippen LogP contribution is -2.46. The molecule has 0 spiro atoms. The van der Waals surface area contributed by atoms with Crippen LogP contribution in [0.2, 0.25) is 0 Å². The number of fused-ring (bicyclic) bond motifs is 1. The van der Waals surface area contributed by atoms with Gasteiger partial charge >= 0.3 is 5.97 Å². The molecule has 1 N–H and O–H groups in total. The quantitative estimate of drug-likeness (QED) is 0.460. The lowest BCUT2D eigenvalue weighted by atomic mass is 9.85. The number of carbonyl (C=O) groups excluding carboxylic acids is 4. The van der Waals surface area contributed by atoms with Crippen LogP contribution in [0.1, 0.15) is 26.7 Å². The summed E-state index contributed by atoms with van der Waals surface area (Å²) < 4.78 is 31.9. The van der Waals surface area contributed by atoms with Gasteiger partial charge in [-0.15, -0.1) is 0 Å². The maximum absolute atomic E-state index is 13.6. The number of rotatable bonds is 5. The average Bonchev–Trinajstić information content (AvgIpc) is 2.94. The SMILES string of the molecule is C[C@@H](OC(=O)[C@H](C)N1C(=O)[C@H]2CC=CC[C@H]2C1=O)C(=O)Nc1cc(F)ccc1F. The third kappa shape index (κ3) is 4.03. The number of nitrogens with one attached hydrogen (secondary N) is 1. The summed E-state index contributed by atoms with van der Waals surface area (Å²) >= 11 is 0. The normalized spacial score (nSPS) is 22.8. The van der Waals surface area contributed by atoms with Crippen molar-refractivity contribution < 1.29 is 32.7 Å². The molecule has 0 saturated carbocycles. The summed E-state index contributed by atoms with van der Waals surface area (Å²) in [5.41, 5.74) is -0.396. The van der Waals surface area contributed by atoms with Crippen LogP contribution in [0.3, 0.4) is 0 Å². The van der Waals surface area contributed by atoms with Crippen molar-refractivity contribution >= 4 is 29.4 Å². The molecule has 1 aliphatic heterocycles. The molecule has 3 amide bonds. The number of nitrogens with zero attached hydrogens (tertiary/aromatic N) is 1. The highest BCUT2D eigenvalue weighted by molar-refractivity contribution is 6.08. The molecule has 3 rings (SSSR count). The topological polar surface area (TPSA) is 92.8 Å². The predicted molar refractivity (Wildman–Crippen MR) is 97.2 cm³/mol. The van der Waals surface area contributed by atoms with Crippen LogP contribution in [0.15, 0.2) is 30.4 Å². The number of esters is 1. The van der Waals surface area contributed by atoms with Crippen LogP contribution in [0.25, 0.3) is 0 Å². The third-order valence-electron chi connectivity index (χ3n) is 5.12. The molecule has 0 aromatic heterocycles. The first-order valence-corrected chi connectivity index (χ1v) is 9.19. The minimum absolute atomic E-state index is 0.396. The summed E-state index contributed by atoms with van der Waals surface area (Å²) in [6.45, 7) is 2.59. The Kier molecular flexibility index (Phi) is 5.76. The lowest BCUT2D eigenvalue weighted by molar-refractivity contribution is -0.163. The van der Waals surface area contributed by atoms with Gasteiger partial charge in [-0.25, -0.2) is 13.6 Å². The van der Waals surface area contributed by atoms with Gasteiger partial charge < -0.3 is 10.1 Å². The Hall–Kier alpha value is -3.10. The van der Waals surface area contributed by atoms with Gasteiger partial charge in [-0.2, -0.15) is 0 Å². The second-order valence-corrected chi connectivity index (χ2v) is 7.07. The Bertz CT molecular complexity index is 875. The van der Waals surface area contributed by atoms with Crippen LogP contribution in [0, 0.1) is 23.5 Å². The number of amides is 3. The zero-order valence-electron chi connectivity index (χ0n) is 15.9. The highest BCUT2D eigenvalue weighted by Crippen LogP contribution is 2.36. The smallest absolute Gasteiger partial charge is 0.329 e. The molecule has 29 heavy (non-hydrogen) atoms. The van der Waals surface area contributed by atoms with Crippen LogP contribution in [-0.4, -0.2) is 40.7 Å². The van der Waals surface area contributed by atoms with Gasteiger partial charge in [-0.1, -0.05) is 12.2 Å². The maximum Gasteiger partial charge on any atom is 0.329 e. The zero-order valence-corrected chi connectivity index (χ0v) is 15.9. The van der Waals surface area contributed by atoms with Crippen LogP contribution < -0.4 is 5.32 Å². The minimum atomic E-state index is -1.36. The van der Waals surface area contributed by atoms with Crippen molar-refractivity contribution in [3.8, 4) is 0 Å². The number of allylic oxidation sites excluding steroid dienone is 2. The van der Waals surface area contributed by atoms with E-state index in [9.17, 15) is 28.0 Å². The van der Waals surface area contributed by atoms with E-state index in [0.717, 1.165) is 23.1 Å². The van der Waals surface area contributed by atoms with E-state index in [-0.39, 0.29) is 0 Å². The number of ether oxygens (including phenoxy) is 1. The number of anilines is 1. The van der Waals surface area contributed by atoms with E-state index in [0.29, 0.717) is 12.8 Å². The van der Waals surface area contributed by atoms with Gasteiger partial charge in [-0.3, -0.25) is 19.3 Å². The van der Waals surface area contributed by atoms with E-state index < -0.39 is 65.0 Å². The van der Waals surface area contributed by atoms with E-state index in [4.69, 9.17) is 4.74 Å². The van der Waals surface area contributed by atoms with E-state index in [2.05, 4.69) is 5.32 Å². The maximum atomic E-state index is 13.6. The molecule has 0 radical (unpaired) electrons. The summed E-state index contributed by atoms with van der Waals surface area (Å²) in [5, 5.41) is 2.14. The summed E-state index contributed by atoms with van der Waals surface area (Å²) in [6.07, 6.45) is 3.18. The van der Waals surface area contributed by atoms with Crippen LogP contribution >= 0.6 is 0 Å². The van der Waals surface area contributed by atoms with Gasteiger partial charge in [0.05, 0.1) is 17.5 Å². The van der Waals surface area contributed by atoms with Crippen molar-refractivity contribution in [2.75, 3.05) is 5.32 Å². The second-order valence-electron chi connectivity index (χ2n) is 7.07. The van der Waals surface area contributed by atoms with Gasteiger partial charge in [0, 0.05) is 6.07 Å². The first-order chi connectivity index (χ1) is 13.7. The lowest BCUT2D eigenvalue weighted by Gasteiger charge is -2.23. The molecule has 1 fully saturated rings. The molecule has 0 bridgehead atoms. The Morgan fingerprint density at radius 2 is 1.69 bits per heavy atom. The number of carbonyl (C=O) groups is 4. The molecular formula is C20H20F2N2O5. The standard InChI is InChI=1S/C20H20F2N2O5/c1-10(24-18(26)13-5-3-4-6-14(13)19(24)27)20(28)29-11(2)17(25)23-16-9-12(21)7-8-15(16)22/h3-4,7-11,13-14H,5-6H2,1-2H3,(H,23,25)/t10-,11+,13-,14+/m0/s1. The molecule has 1 saturated heterocycles. The Morgan fingerprint density at radius 3 is 2.28 bits per heavy atom. The van der Waals surface area contributed by atoms with Gasteiger partial charge in [0.25, 0.3) is 5.91 Å². The fourth-order valence-electron chi connectivity index (χ4n) is 3.47. The molecule has 1 aromatic rings. The van der Waals surface area contributed by atoms with Crippen molar-refractivity contribution in [2.24, 2.45) is 11.8 Å². The molecule has 2 aliphatic rings. The summed E-state index contributed by atoms with van der Waals surface area (Å²) in [4.78, 5) is 50.5. The number of hydrogen-bond acceptors (Lipinski definition) is 5. The highest BCUT2D eigenvalue weighted by Gasteiger charge is 2.50. The fraction of sp³-hybridized carbons (Fsp3) is 0.400. The van der Waals surface area contributed by atoms with Crippen LogP contribution in [0.5, 0.6) is 0 Å². The molecule has 4 atom stereocenters. The van der Waals surface area contributed by atoms with E-state index in [1.54, 1.807) is 0 Å². The van der Waals surface area contributed by atoms with Gasteiger partial charge in [0.1, 0.15) is 17.7 Å². The van der Waals surface area contributed by atoms with Crippen molar-refractivity contribution in [1.29, 1.82) is 0 Å². The molecule has 9 heteroatoms. The average molecular weight is 406 g/mol. The largest absolute Gasteiger partial charge is 0.451 e. The summed E-state index contributed by atoms with van der Waals surface area (Å²) in [7, 11) is 0. The van der Waals surface area contributed by atoms with Crippen LogP contribution in [0.4, 0.5) is 14.5 Å². The Morgan fingerprint density at radius 1 is 1.10 bits per heavy atom. The van der Waals surface area contributed by atoms with Crippen molar-refractivity contribution in [3.63, 3.8) is 0 Å². The van der Waals surface area contributed by atoms with E-state index >= 15 is 0 Å². The second kappa shape index (κ2) is 8.10. The number of benzene rings is 1. The third-order valence-corrected chi connectivity index (χ3v) is 5.12. The van der Waals surface area contributed by atoms with Crippen molar-refractivity contribution in [3.05, 3.63) is 42.0 Å². The number of hydrogen-bond donors (Lipinski definition) is 1. The Balaban J connectivity index is 1.63. The van der Waals surface area contributed by atoms with Gasteiger partial charge in [0.2, 0.25) is 11.8 Å². The summed E-state index contributed by atoms with van der Waals surface area (Å²) in [5.74, 6) is -5.27. The highest BCUT2D eigenvalue weighted by atomic mass is 19.1. The first kappa shape index (κ1) is 20.6. The fourth-order valence-corrected chi connectivity index (χ4v) is 3.47. The van der Waals surface area contributed by atoms with Crippen LogP contribution in [-0.2, 0) is 23.9 Å². The van der Waals surface area contributed by atoms with Crippen molar-refractivity contribution in [1.82, 2.24) is 4.90 Å². The molecule has 1 aromatic carbocycles. The molecule has 1 heterocycles. The molecule has 154 valence electrons. The monoisotopic (exact) mass is 406 g/mol. The van der Waals surface area contributed by atoms with E-state index in [1.807, 2.05) is 12.2 Å². The minimum Gasteiger partial charge on any atom is -0.451 e. The van der Waals surface area contributed by atoms with Gasteiger partial charge in [0.15, 0.2) is 6.10 Å².